The largest absolute Gasteiger partial charge is 0.354 e. The number of anilines is 1. The van der Waals surface area contributed by atoms with Crippen LogP contribution < -0.4 is 4.90 Å². The molecular weight excluding hydrogens is 420 g/mol. The van der Waals surface area contributed by atoms with Gasteiger partial charge in [-0.15, -0.1) is 0 Å². The van der Waals surface area contributed by atoms with Gasteiger partial charge in [0.05, 0.1) is 4.90 Å². The average molecular weight is 451 g/mol. The number of aromatic nitrogens is 2. The van der Waals surface area contributed by atoms with E-state index in [0.29, 0.717) is 31.1 Å². The Bertz CT molecular complexity index is 1220. The maximum absolute atomic E-state index is 13.1. The number of benzene rings is 2. The molecule has 0 N–H and O–H groups in total. The minimum atomic E-state index is -3.49. The molecule has 168 valence electrons. The molecule has 3 aromatic rings. The molecule has 2 aromatic carbocycles. The van der Waals surface area contributed by atoms with E-state index in [2.05, 4.69) is 41.1 Å². The SMILES string of the molecule is Cc1ccc(S(=O)(=O)N2CCN(c3nc(C)nc(C)c3Cc3cccc(C)c3)CC2)cc1. The van der Waals surface area contributed by atoms with E-state index in [9.17, 15) is 8.42 Å². The molecule has 0 radical (unpaired) electrons. The highest BCUT2D eigenvalue weighted by Gasteiger charge is 2.30. The van der Waals surface area contributed by atoms with Crippen LogP contribution in [-0.4, -0.2) is 48.9 Å². The highest BCUT2D eigenvalue weighted by Crippen LogP contribution is 2.27. The van der Waals surface area contributed by atoms with E-state index in [1.54, 1.807) is 16.4 Å². The van der Waals surface area contributed by atoms with Crippen LogP contribution in [0.2, 0.25) is 0 Å². The fraction of sp³-hybridized carbons (Fsp3) is 0.360. The number of nitrogens with zero attached hydrogens (tertiary/aromatic N) is 4. The standard InChI is InChI=1S/C25H30N4O2S/c1-18-8-10-23(11-9-18)32(30,31)29-14-12-28(13-15-29)25-24(20(3)26-21(4)27-25)17-22-7-5-6-19(2)16-22/h5-11,16H,12-15,17H2,1-4H3. The van der Waals surface area contributed by atoms with Crippen molar-refractivity contribution in [2.75, 3.05) is 31.1 Å². The number of aryl methyl sites for hydroxylation is 4. The van der Waals surface area contributed by atoms with Crippen LogP contribution in [0, 0.1) is 27.7 Å². The molecule has 0 amide bonds. The summed E-state index contributed by atoms with van der Waals surface area (Å²) in [6.45, 7) is 10.0. The first kappa shape index (κ1) is 22.4. The van der Waals surface area contributed by atoms with E-state index in [1.165, 1.54) is 11.1 Å². The Kier molecular flexibility index (Phi) is 6.31. The Balaban J connectivity index is 1.56. The van der Waals surface area contributed by atoms with Gasteiger partial charge in [0.15, 0.2) is 0 Å². The highest BCUT2D eigenvalue weighted by atomic mass is 32.2. The molecule has 1 fully saturated rings. The lowest BCUT2D eigenvalue weighted by molar-refractivity contribution is 0.383. The Morgan fingerprint density at radius 3 is 2.19 bits per heavy atom. The minimum absolute atomic E-state index is 0.352. The van der Waals surface area contributed by atoms with Crippen molar-refractivity contribution in [2.24, 2.45) is 0 Å². The molecule has 0 atom stereocenters. The highest BCUT2D eigenvalue weighted by molar-refractivity contribution is 7.89. The summed E-state index contributed by atoms with van der Waals surface area (Å²) in [5, 5.41) is 0. The van der Waals surface area contributed by atoms with Crippen LogP contribution in [0.25, 0.3) is 0 Å². The van der Waals surface area contributed by atoms with Crippen LogP contribution in [0.4, 0.5) is 5.82 Å². The van der Waals surface area contributed by atoms with Gasteiger partial charge in [0, 0.05) is 43.9 Å². The number of hydrogen-bond acceptors (Lipinski definition) is 5. The van der Waals surface area contributed by atoms with Crippen LogP contribution in [0.5, 0.6) is 0 Å². The van der Waals surface area contributed by atoms with Gasteiger partial charge in [-0.3, -0.25) is 0 Å². The molecule has 6 nitrogen and oxygen atoms in total. The van der Waals surface area contributed by atoms with Gasteiger partial charge in [0.2, 0.25) is 10.0 Å². The lowest BCUT2D eigenvalue weighted by atomic mass is 10.0. The third kappa shape index (κ3) is 4.69. The quantitative estimate of drug-likeness (QED) is 0.591. The van der Waals surface area contributed by atoms with E-state index in [0.717, 1.165) is 34.9 Å². The third-order valence-electron chi connectivity index (χ3n) is 5.96. The predicted octanol–water partition coefficient (Wildman–Crippen LogP) is 3.81. The second-order valence-electron chi connectivity index (χ2n) is 8.53. The molecule has 1 aliphatic heterocycles. The fourth-order valence-corrected chi connectivity index (χ4v) is 5.63. The summed E-state index contributed by atoms with van der Waals surface area (Å²) in [4.78, 5) is 11.9. The van der Waals surface area contributed by atoms with Crippen LogP contribution in [0.15, 0.2) is 53.4 Å². The molecule has 0 unspecified atom stereocenters. The normalized spacial score (nSPS) is 15.2. The second-order valence-corrected chi connectivity index (χ2v) is 10.5. The van der Waals surface area contributed by atoms with Crippen molar-refractivity contribution in [3.63, 3.8) is 0 Å². The summed E-state index contributed by atoms with van der Waals surface area (Å²) in [7, 11) is -3.49. The Morgan fingerprint density at radius 2 is 1.53 bits per heavy atom. The molecule has 0 saturated carbocycles. The number of sulfonamides is 1. The molecule has 1 aliphatic rings. The molecule has 7 heteroatoms. The topological polar surface area (TPSA) is 66.4 Å². The van der Waals surface area contributed by atoms with Crippen LogP contribution in [0.1, 0.15) is 33.8 Å². The molecule has 32 heavy (non-hydrogen) atoms. The van der Waals surface area contributed by atoms with Crippen molar-refractivity contribution in [3.8, 4) is 0 Å². The van der Waals surface area contributed by atoms with Crippen molar-refractivity contribution in [3.05, 3.63) is 82.3 Å². The molecule has 0 spiro atoms. The van der Waals surface area contributed by atoms with Gasteiger partial charge >= 0.3 is 0 Å². The number of rotatable bonds is 5. The van der Waals surface area contributed by atoms with E-state index in [1.807, 2.05) is 32.9 Å². The first-order chi connectivity index (χ1) is 15.2. The van der Waals surface area contributed by atoms with Gasteiger partial charge in [0.1, 0.15) is 11.6 Å². The van der Waals surface area contributed by atoms with Crippen molar-refractivity contribution in [1.82, 2.24) is 14.3 Å². The molecule has 0 aliphatic carbocycles. The zero-order chi connectivity index (χ0) is 22.9. The van der Waals surface area contributed by atoms with E-state index >= 15 is 0 Å². The van der Waals surface area contributed by atoms with Gasteiger partial charge in [-0.1, -0.05) is 47.5 Å². The van der Waals surface area contributed by atoms with E-state index < -0.39 is 10.0 Å². The molecular formula is C25H30N4O2S. The summed E-state index contributed by atoms with van der Waals surface area (Å²) in [5.74, 6) is 1.66. The van der Waals surface area contributed by atoms with Gasteiger partial charge in [0.25, 0.3) is 0 Å². The maximum atomic E-state index is 13.1. The van der Waals surface area contributed by atoms with Gasteiger partial charge in [-0.2, -0.15) is 4.31 Å². The van der Waals surface area contributed by atoms with E-state index in [-0.39, 0.29) is 0 Å². The summed E-state index contributed by atoms with van der Waals surface area (Å²) >= 11 is 0. The fourth-order valence-electron chi connectivity index (χ4n) is 4.21. The van der Waals surface area contributed by atoms with Crippen molar-refractivity contribution < 1.29 is 8.42 Å². The van der Waals surface area contributed by atoms with Gasteiger partial charge in [-0.25, -0.2) is 18.4 Å². The van der Waals surface area contributed by atoms with Gasteiger partial charge in [-0.05, 0) is 45.4 Å². The lowest BCUT2D eigenvalue weighted by Gasteiger charge is -2.36. The monoisotopic (exact) mass is 450 g/mol. The third-order valence-corrected chi connectivity index (χ3v) is 7.88. The number of piperazine rings is 1. The smallest absolute Gasteiger partial charge is 0.243 e. The van der Waals surface area contributed by atoms with E-state index in [4.69, 9.17) is 4.98 Å². The second kappa shape index (κ2) is 9.00. The molecule has 1 aromatic heterocycles. The minimum Gasteiger partial charge on any atom is -0.354 e. The molecule has 2 heterocycles. The van der Waals surface area contributed by atoms with Crippen molar-refractivity contribution >= 4 is 15.8 Å². The van der Waals surface area contributed by atoms with Crippen molar-refractivity contribution in [2.45, 2.75) is 39.0 Å². The van der Waals surface area contributed by atoms with Gasteiger partial charge < -0.3 is 4.90 Å². The molecule has 0 bridgehead atoms. The summed E-state index contributed by atoms with van der Waals surface area (Å²) < 4.78 is 27.7. The lowest BCUT2D eigenvalue weighted by Crippen LogP contribution is -2.49. The first-order valence-electron chi connectivity index (χ1n) is 11.0. The maximum Gasteiger partial charge on any atom is 0.243 e. The summed E-state index contributed by atoms with van der Waals surface area (Å²) in [5.41, 5.74) is 5.58. The first-order valence-corrected chi connectivity index (χ1v) is 12.4. The summed E-state index contributed by atoms with van der Waals surface area (Å²) in [6, 6.07) is 15.5. The zero-order valence-corrected chi connectivity index (χ0v) is 20.0. The van der Waals surface area contributed by atoms with Crippen molar-refractivity contribution in [1.29, 1.82) is 0 Å². The van der Waals surface area contributed by atoms with Crippen LogP contribution in [0.3, 0.4) is 0 Å². The molecule has 4 rings (SSSR count). The Morgan fingerprint density at radius 1 is 0.844 bits per heavy atom. The Labute approximate surface area is 191 Å². The van der Waals surface area contributed by atoms with Crippen LogP contribution in [-0.2, 0) is 16.4 Å². The Hall–Kier alpha value is -2.77. The average Bonchev–Trinajstić information content (AvgIpc) is 2.76. The predicted molar refractivity (Wildman–Crippen MR) is 128 cm³/mol. The summed E-state index contributed by atoms with van der Waals surface area (Å²) in [6.07, 6.45) is 0.755. The van der Waals surface area contributed by atoms with Crippen LogP contribution >= 0.6 is 0 Å². The number of hydrogen-bond donors (Lipinski definition) is 0. The molecule has 1 saturated heterocycles. The zero-order valence-electron chi connectivity index (χ0n) is 19.2.